The number of hydrogen-bond acceptors (Lipinski definition) is 7. The Bertz CT molecular complexity index is 1330. The minimum Gasteiger partial charge on any atom is -0.505 e. The molecule has 194 valence electrons. The molecule has 2 aromatic rings. The summed E-state index contributed by atoms with van der Waals surface area (Å²) in [4.78, 5) is 13.5. The second-order valence-electron chi connectivity index (χ2n) is 7.69. The summed E-state index contributed by atoms with van der Waals surface area (Å²) >= 11 is 0. The van der Waals surface area contributed by atoms with Crippen LogP contribution in [0.1, 0.15) is 22.0 Å². The Morgan fingerprint density at radius 2 is 1.89 bits per heavy atom. The van der Waals surface area contributed by atoms with E-state index in [-0.39, 0.29) is 35.1 Å². The number of carbonyl (C=O) groups is 1. The standard InChI is InChI=1S/C21H22F3N5O6S/c1-11(26-18(21(22,23)24)12-7-8-15-16(9-12)35-10-34-15)19(28-36(25,32)33)27-14-6-4-5-13(17(14)30)20(31)29(2)3/h4-9,18,26,30H,1,10H2,2-3H3,(H,27,28)(H2,25,32,33)/t18-/m0/s1. The third kappa shape index (κ3) is 6.17. The quantitative estimate of drug-likeness (QED) is 0.242. The Morgan fingerprint density at radius 1 is 1.22 bits per heavy atom. The van der Waals surface area contributed by atoms with Crippen LogP contribution in [0.3, 0.4) is 0 Å². The number of amides is 1. The molecule has 0 bridgehead atoms. The summed E-state index contributed by atoms with van der Waals surface area (Å²) in [5.74, 6) is -1.58. The van der Waals surface area contributed by atoms with E-state index in [1.165, 1.54) is 43.3 Å². The maximum atomic E-state index is 14.0. The fourth-order valence-electron chi connectivity index (χ4n) is 3.16. The molecule has 1 amide bonds. The number of fused-ring (bicyclic) bond motifs is 1. The van der Waals surface area contributed by atoms with Crippen molar-refractivity contribution >= 4 is 27.6 Å². The van der Waals surface area contributed by atoms with Crippen LogP contribution < -0.4 is 25.2 Å². The number of aromatic hydroxyl groups is 1. The fourth-order valence-corrected chi connectivity index (χ4v) is 3.57. The molecule has 0 saturated carbocycles. The topological polar surface area (TPSA) is 156 Å². The molecule has 36 heavy (non-hydrogen) atoms. The van der Waals surface area contributed by atoms with Gasteiger partial charge in [0.15, 0.2) is 23.1 Å². The highest BCUT2D eigenvalue weighted by molar-refractivity contribution is 7.88. The SMILES string of the molecule is C=C(N[C@@H](c1ccc2c(c1)OCO2)C(F)(F)F)C(=NS(N)(=O)=O)Nc1cccc(C(=O)N(C)C)c1O. The molecule has 5 N–H and O–H groups in total. The van der Waals surface area contributed by atoms with Gasteiger partial charge >= 0.3 is 16.4 Å². The monoisotopic (exact) mass is 529 g/mol. The summed E-state index contributed by atoms with van der Waals surface area (Å²) in [6.45, 7) is 3.32. The summed E-state index contributed by atoms with van der Waals surface area (Å²) in [5, 5.41) is 20.0. The molecule has 0 unspecified atom stereocenters. The zero-order valence-electron chi connectivity index (χ0n) is 19.0. The lowest BCUT2D eigenvalue weighted by Gasteiger charge is -2.25. The molecule has 15 heteroatoms. The van der Waals surface area contributed by atoms with Gasteiger partial charge in [0, 0.05) is 14.1 Å². The molecular formula is C21H22F3N5O6S. The van der Waals surface area contributed by atoms with Gasteiger partial charge < -0.3 is 30.1 Å². The highest BCUT2D eigenvalue weighted by Crippen LogP contribution is 2.39. The van der Waals surface area contributed by atoms with Gasteiger partial charge in [0.1, 0.15) is 6.04 Å². The van der Waals surface area contributed by atoms with Crippen molar-refractivity contribution in [2.45, 2.75) is 12.2 Å². The van der Waals surface area contributed by atoms with E-state index >= 15 is 0 Å². The second kappa shape index (κ2) is 9.94. The zero-order chi connectivity index (χ0) is 26.8. The van der Waals surface area contributed by atoms with Crippen LogP contribution in [0.4, 0.5) is 18.9 Å². The first-order valence-electron chi connectivity index (χ1n) is 10.0. The predicted octanol–water partition coefficient (Wildman–Crippen LogP) is 2.24. The van der Waals surface area contributed by atoms with Gasteiger partial charge in [-0.3, -0.25) is 4.79 Å². The number of hydrogen-bond donors (Lipinski definition) is 4. The van der Waals surface area contributed by atoms with Gasteiger partial charge in [0.2, 0.25) is 6.79 Å². The Morgan fingerprint density at radius 3 is 2.50 bits per heavy atom. The number of nitrogens with one attached hydrogen (secondary N) is 2. The number of nitrogens with zero attached hydrogens (tertiary/aromatic N) is 2. The van der Waals surface area contributed by atoms with Gasteiger partial charge in [0.05, 0.1) is 16.9 Å². The Balaban J connectivity index is 1.97. The van der Waals surface area contributed by atoms with Crippen LogP contribution in [0.25, 0.3) is 0 Å². The van der Waals surface area contributed by atoms with E-state index in [9.17, 15) is 31.5 Å². The van der Waals surface area contributed by atoms with Gasteiger partial charge in [0.25, 0.3) is 5.91 Å². The number of para-hydroxylation sites is 1. The number of anilines is 1. The molecule has 1 aliphatic heterocycles. The first kappa shape index (κ1) is 26.6. The number of ether oxygens (including phenoxy) is 2. The van der Waals surface area contributed by atoms with E-state index in [0.717, 1.165) is 12.1 Å². The van der Waals surface area contributed by atoms with E-state index in [2.05, 4.69) is 21.6 Å². The van der Waals surface area contributed by atoms with E-state index in [1.807, 2.05) is 0 Å². The number of phenols is 1. The summed E-state index contributed by atoms with van der Waals surface area (Å²) in [7, 11) is -1.76. The molecule has 0 aromatic heterocycles. The molecule has 0 fully saturated rings. The van der Waals surface area contributed by atoms with Crippen LogP contribution in [0.15, 0.2) is 53.1 Å². The first-order valence-corrected chi connectivity index (χ1v) is 11.5. The van der Waals surface area contributed by atoms with Crippen molar-refractivity contribution in [1.29, 1.82) is 0 Å². The van der Waals surface area contributed by atoms with Gasteiger partial charge in [-0.05, 0) is 29.8 Å². The number of alkyl halides is 3. The molecule has 0 saturated heterocycles. The number of carbonyl (C=O) groups excluding carboxylic acids is 1. The van der Waals surface area contributed by atoms with Crippen molar-refractivity contribution in [3.05, 3.63) is 59.8 Å². The summed E-state index contributed by atoms with van der Waals surface area (Å²) in [6.07, 6.45) is -4.87. The first-order chi connectivity index (χ1) is 16.7. The van der Waals surface area contributed by atoms with E-state index in [1.54, 1.807) is 0 Å². The maximum absolute atomic E-state index is 14.0. The lowest BCUT2D eigenvalue weighted by atomic mass is 10.1. The van der Waals surface area contributed by atoms with Crippen LogP contribution in [0, 0.1) is 0 Å². The van der Waals surface area contributed by atoms with E-state index in [0.29, 0.717) is 0 Å². The molecule has 0 spiro atoms. The molecule has 1 atom stereocenters. The fraction of sp³-hybridized carbons (Fsp3) is 0.238. The average Bonchev–Trinajstić information content (AvgIpc) is 3.23. The van der Waals surface area contributed by atoms with Gasteiger partial charge in [-0.25, -0.2) is 5.14 Å². The largest absolute Gasteiger partial charge is 0.505 e. The number of benzene rings is 2. The van der Waals surface area contributed by atoms with Crippen LogP contribution in [-0.2, 0) is 10.2 Å². The van der Waals surface area contributed by atoms with Crippen LogP contribution in [-0.4, -0.2) is 57.2 Å². The number of amidine groups is 1. The Hall–Kier alpha value is -3.98. The number of phenolic OH excluding ortho intramolecular Hbond substituents is 1. The van der Waals surface area contributed by atoms with Crippen molar-refractivity contribution in [2.24, 2.45) is 9.54 Å². The van der Waals surface area contributed by atoms with E-state index in [4.69, 9.17) is 14.6 Å². The van der Waals surface area contributed by atoms with Crippen molar-refractivity contribution in [1.82, 2.24) is 10.2 Å². The number of nitrogens with two attached hydrogens (primary N) is 1. The van der Waals surface area contributed by atoms with E-state index < -0.39 is 45.6 Å². The molecule has 1 aliphatic rings. The minimum atomic E-state index is -4.87. The third-order valence-electron chi connectivity index (χ3n) is 4.81. The van der Waals surface area contributed by atoms with Crippen LogP contribution in [0.2, 0.25) is 0 Å². The van der Waals surface area contributed by atoms with Crippen molar-refractivity contribution in [3.63, 3.8) is 0 Å². The number of halogens is 3. The van der Waals surface area contributed by atoms with Crippen LogP contribution in [0.5, 0.6) is 17.2 Å². The molecular weight excluding hydrogens is 507 g/mol. The molecule has 2 aromatic carbocycles. The summed E-state index contributed by atoms with van der Waals surface area (Å²) in [5.41, 5.74) is -1.32. The maximum Gasteiger partial charge on any atom is 0.412 e. The normalized spacial score (nSPS) is 14.2. The molecule has 0 aliphatic carbocycles. The van der Waals surface area contributed by atoms with Crippen LogP contribution >= 0.6 is 0 Å². The lowest BCUT2D eigenvalue weighted by Crippen LogP contribution is -2.37. The third-order valence-corrected chi connectivity index (χ3v) is 5.24. The van der Waals surface area contributed by atoms with Crippen molar-refractivity contribution in [3.8, 4) is 17.2 Å². The van der Waals surface area contributed by atoms with Gasteiger partial charge in [-0.1, -0.05) is 18.7 Å². The van der Waals surface area contributed by atoms with Crippen molar-refractivity contribution in [2.75, 3.05) is 26.2 Å². The van der Waals surface area contributed by atoms with Gasteiger partial charge in [-0.15, -0.1) is 4.40 Å². The predicted molar refractivity (Wildman–Crippen MR) is 124 cm³/mol. The highest BCUT2D eigenvalue weighted by Gasteiger charge is 2.42. The summed E-state index contributed by atoms with van der Waals surface area (Å²) in [6, 6.07) is 5.09. The molecule has 1 heterocycles. The second-order valence-corrected chi connectivity index (χ2v) is 8.90. The smallest absolute Gasteiger partial charge is 0.412 e. The Labute approximate surface area is 204 Å². The minimum absolute atomic E-state index is 0.0954. The molecule has 11 nitrogen and oxygen atoms in total. The summed E-state index contributed by atoms with van der Waals surface area (Å²) < 4.78 is 78.7. The average molecular weight is 529 g/mol. The molecule has 3 rings (SSSR count). The number of rotatable bonds is 7. The lowest BCUT2D eigenvalue weighted by molar-refractivity contribution is -0.155. The zero-order valence-corrected chi connectivity index (χ0v) is 19.8. The van der Waals surface area contributed by atoms with Crippen molar-refractivity contribution < 1.29 is 41.0 Å². The highest BCUT2D eigenvalue weighted by atomic mass is 32.2. The van der Waals surface area contributed by atoms with Gasteiger partial charge in [-0.2, -0.15) is 21.6 Å². The molecule has 0 radical (unpaired) electrons. The Kier molecular flexibility index (Phi) is 7.35.